The Morgan fingerprint density at radius 2 is 2.00 bits per heavy atom. The minimum Gasteiger partial charge on any atom is -0.481 e. The van der Waals surface area contributed by atoms with Gasteiger partial charge in [-0.2, -0.15) is 0 Å². The molecule has 1 aromatic rings. The smallest absolute Gasteiger partial charge is 0.337 e. The Morgan fingerprint density at radius 1 is 1.37 bits per heavy atom. The van der Waals surface area contributed by atoms with Gasteiger partial charge in [0.25, 0.3) is 0 Å². The summed E-state index contributed by atoms with van der Waals surface area (Å²) in [4.78, 5) is 22.8. The number of carboxylic acids is 1. The standard InChI is InChI=1S/C15H18O4/c1-3-15(14(17)18)9-8-12(15)10-4-6-11(7-5-10)13(16)19-2/h4-7,12H,3,8-9H2,1-2H3,(H,17,18)/t12-,15-/m0/s1. The van der Waals surface area contributed by atoms with Crippen molar-refractivity contribution < 1.29 is 19.4 Å². The number of carboxylic acid groups (broad SMARTS) is 1. The lowest BCUT2D eigenvalue weighted by molar-refractivity contribution is -0.157. The molecule has 1 fully saturated rings. The quantitative estimate of drug-likeness (QED) is 0.847. The summed E-state index contributed by atoms with van der Waals surface area (Å²) in [6, 6.07) is 7.07. The Bertz CT molecular complexity index is 487. The molecule has 2 atom stereocenters. The predicted octanol–water partition coefficient (Wildman–Crippen LogP) is 2.83. The zero-order valence-corrected chi connectivity index (χ0v) is 11.2. The van der Waals surface area contributed by atoms with Crippen molar-refractivity contribution in [2.75, 3.05) is 7.11 Å². The predicted molar refractivity (Wildman–Crippen MR) is 70.1 cm³/mol. The van der Waals surface area contributed by atoms with Crippen molar-refractivity contribution in [3.05, 3.63) is 35.4 Å². The molecular weight excluding hydrogens is 244 g/mol. The van der Waals surface area contributed by atoms with E-state index < -0.39 is 11.4 Å². The molecule has 0 bridgehead atoms. The number of carbonyl (C=O) groups excluding carboxylic acids is 1. The largest absolute Gasteiger partial charge is 0.481 e. The van der Waals surface area contributed by atoms with Gasteiger partial charge in [-0.1, -0.05) is 19.1 Å². The minimum atomic E-state index is -0.719. The van der Waals surface area contributed by atoms with Gasteiger partial charge in [0.05, 0.1) is 18.1 Å². The second-order valence-electron chi connectivity index (χ2n) is 5.02. The molecule has 1 aliphatic carbocycles. The van der Waals surface area contributed by atoms with E-state index in [1.165, 1.54) is 7.11 Å². The van der Waals surface area contributed by atoms with E-state index in [2.05, 4.69) is 4.74 Å². The van der Waals surface area contributed by atoms with Gasteiger partial charge >= 0.3 is 11.9 Å². The van der Waals surface area contributed by atoms with Crippen LogP contribution in [0, 0.1) is 5.41 Å². The average Bonchev–Trinajstić information content (AvgIpc) is 2.38. The molecule has 4 nitrogen and oxygen atoms in total. The van der Waals surface area contributed by atoms with E-state index in [4.69, 9.17) is 0 Å². The molecule has 0 heterocycles. The molecule has 1 saturated carbocycles. The van der Waals surface area contributed by atoms with Gasteiger partial charge < -0.3 is 9.84 Å². The lowest BCUT2D eigenvalue weighted by Crippen LogP contribution is -2.44. The molecular formula is C15H18O4. The van der Waals surface area contributed by atoms with Crippen LogP contribution in [-0.4, -0.2) is 24.2 Å². The van der Waals surface area contributed by atoms with E-state index in [9.17, 15) is 14.7 Å². The number of hydrogen-bond acceptors (Lipinski definition) is 3. The van der Waals surface area contributed by atoms with Gasteiger partial charge in [-0.15, -0.1) is 0 Å². The maximum absolute atomic E-state index is 11.5. The van der Waals surface area contributed by atoms with Gasteiger partial charge in [0, 0.05) is 5.92 Å². The van der Waals surface area contributed by atoms with Gasteiger partial charge in [0.2, 0.25) is 0 Å². The van der Waals surface area contributed by atoms with Crippen molar-refractivity contribution in [3.8, 4) is 0 Å². The molecule has 0 amide bonds. The van der Waals surface area contributed by atoms with Gasteiger partial charge in [0.15, 0.2) is 0 Å². The van der Waals surface area contributed by atoms with Crippen LogP contribution in [0.5, 0.6) is 0 Å². The average molecular weight is 262 g/mol. The van der Waals surface area contributed by atoms with Crippen LogP contribution in [0.1, 0.15) is 48.0 Å². The molecule has 19 heavy (non-hydrogen) atoms. The van der Waals surface area contributed by atoms with Gasteiger partial charge in [0.1, 0.15) is 0 Å². The first kappa shape index (κ1) is 13.6. The number of carbonyl (C=O) groups is 2. The van der Waals surface area contributed by atoms with E-state index in [1.807, 2.05) is 19.1 Å². The zero-order valence-electron chi connectivity index (χ0n) is 11.2. The molecule has 0 aromatic heterocycles. The fourth-order valence-corrected chi connectivity index (χ4v) is 2.92. The van der Waals surface area contributed by atoms with Crippen LogP contribution in [0.4, 0.5) is 0 Å². The summed E-state index contributed by atoms with van der Waals surface area (Å²) in [5.74, 6) is -1.05. The van der Waals surface area contributed by atoms with Crippen LogP contribution in [0.3, 0.4) is 0 Å². The third-order valence-electron chi connectivity index (χ3n) is 4.34. The van der Waals surface area contributed by atoms with E-state index in [0.29, 0.717) is 12.0 Å². The molecule has 1 aromatic carbocycles. The Balaban J connectivity index is 2.24. The SMILES string of the molecule is CC[C@]1(C(=O)O)CC[C@H]1c1ccc(C(=O)OC)cc1. The summed E-state index contributed by atoms with van der Waals surface area (Å²) in [6.45, 7) is 1.92. The normalized spacial score (nSPS) is 25.5. The molecule has 2 rings (SSSR count). The van der Waals surface area contributed by atoms with E-state index >= 15 is 0 Å². The number of aliphatic carboxylic acids is 1. The number of esters is 1. The van der Waals surface area contributed by atoms with Crippen LogP contribution in [0.15, 0.2) is 24.3 Å². The highest BCUT2D eigenvalue weighted by molar-refractivity contribution is 5.89. The number of benzene rings is 1. The number of rotatable bonds is 4. The summed E-state index contributed by atoms with van der Waals surface area (Å²) < 4.78 is 4.64. The van der Waals surface area contributed by atoms with E-state index in [1.54, 1.807) is 12.1 Å². The van der Waals surface area contributed by atoms with Crippen LogP contribution >= 0.6 is 0 Å². The molecule has 0 saturated heterocycles. The van der Waals surface area contributed by atoms with Crippen molar-refractivity contribution in [2.45, 2.75) is 32.1 Å². The first-order chi connectivity index (χ1) is 9.05. The molecule has 4 heteroatoms. The zero-order chi connectivity index (χ0) is 14.0. The van der Waals surface area contributed by atoms with Crippen molar-refractivity contribution >= 4 is 11.9 Å². The Hall–Kier alpha value is -1.84. The van der Waals surface area contributed by atoms with E-state index in [0.717, 1.165) is 18.4 Å². The highest BCUT2D eigenvalue weighted by atomic mass is 16.5. The van der Waals surface area contributed by atoms with Gasteiger partial charge in [-0.3, -0.25) is 4.79 Å². The fraction of sp³-hybridized carbons (Fsp3) is 0.467. The van der Waals surface area contributed by atoms with Crippen LogP contribution < -0.4 is 0 Å². The van der Waals surface area contributed by atoms with Gasteiger partial charge in [-0.25, -0.2) is 4.79 Å². The maximum Gasteiger partial charge on any atom is 0.337 e. The lowest BCUT2D eigenvalue weighted by atomic mass is 9.56. The third-order valence-corrected chi connectivity index (χ3v) is 4.34. The first-order valence-corrected chi connectivity index (χ1v) is 6.47. The monoisotopic (exact) mass is 262 g/mol. The Labute approximate surface area is 112 Å². The molecule has 1 N–H and O–H groups in total. The fourth-order valence-electron chi connectivity index (χ4n) is 2.92. The first-order valence-electron chi connectivity index (χ1n) is 6.47. The minimum absolute atomic E-state index is 0.0432. The van der Waals surface area contributed by atoms with Crippen molar-refractivity contribution in [1.82, 2.24) is 0 Å². The molecule has 1 aliphatic rings. The molecule has 0 radical (unpaired) electrons. The molecule has 0 unspecified atom stereocenters. The van der Waals surface area contributed by atoms with Crippen molar-refractivity contribution in [1.29, 1.82) is 0 Å². The van der Waals surface area contributed by atoms with Crippen LogP contribution in [0.25, 0.3) is 0 Å². The van der Waals surface area contributed by atoms with Crippen molar-refractivity contribution in [3.63, 3.8) is 0 Å². The van der Waals surface area contributed by atoms with Crippen molar-refractivity contribution in [2.24, 2.45) is 5.41 Å². The molecule has 0 aliphatic heterocycles. The Kier molecular flexibility index (Phi) is 3.60. The summed E-state index contributed by atoms with van der Waals surface area (Å²) in [5, 5.41) is 9.42. The van der Waals surface area contributed by atoms with Gasteiger partial charge in [-0.05, 0) is 37.0 Å². The topological polar surface area (TPSA) is 63.6 Å². The highest BCUT2D eigenvalue weighted by Gasteiger charge is 2.51. The third kappa shape index (κ3) is 2.11. The second-order valence-corrected chi connectivity index (χ2v) is 5.02. The summed E-state index contributed by atoms with van der Waals surface area (Å²) >= 11 is 0. The van der Waals surface area contributed by atoms with Crippen LogP contribution in [0.2, 0.25) is 0 Å². The van der Waals surface area contributed by atoms with Crippen LogP contribution in [-0.2, 0) is 9.53 Å². The second kappa shape index (κ2) is 5.03. The summed E-state index contributed by atoms with van der Waals surface area (Å²) in [5.41, 5.74) is 0.846. The Morgan fingerprint density at radius 3 is 2.37 bits per heavy atom. The lowest BCUT2D eigenvalue weighted by Gasteiger charge is -2.46. The van der Waals surface area contributed by atoms with E-state index in [-0.39, 0.29) is 11.9 Å². The number of methoxy groups -OCH3 is 1. The number of ether oxygens (including phenoxy) is 1. The highest BCUT2D eigenvalue weighted by Crippen LogP contribution is 2.55. The summed E-state index contributed by atoms with van der Waals surface area (Å²) in [7, 11) is 1.34. The maximum atomic E-state index is 11.5. The summed E-state index contributed by atoms with van der Waals surface area (Å²) in [6.07, 6.45) is 2.24. The number of hydrogen-bond donors (Lipinski definition) is 1. The molecule has 0 spiro atoms. The molecule has 102 valence electrons.